The maximum absolute atomic E-state index is 12.9. The van der Waals surface area contributed by atoms with Gasteiger partial charge < -0.3 is 20.3 Å². The van der Waals surface area contributed by atoms with Crippen LogP contribution in [-0.4, -0.2) is 60.5 Å². The molecule has 0 bridgehead atoms. The lowest BCUT2D eigenvalue weighted by Gasteiger charge is -2.22. The number of ether oxygens (including phenoxy) is 1. The van der Waals surface area contributed by atoms with Crippen molar-refractivity contribution in [2.75, 3.05) is 32.1 Å². The van der Waals surface area contributed by atoms with Crippen molar-refractivity contribution in [3.63, 3.8) is 0 Å². The third-order valence-electron chi connectivity index (χ3n) is 4.51. The van der Waals surface area contributed by atoms with E-state index in [1.165, 1.54) is 35.5 Å². The van der Waals surface area contributed by atoms with Gasteiger partial charge in [-0.15, -0.1) is 11.3 Å². The standard InChI is InChI=1S/C21H26Cl2N4O4S/c1-4-13(2)24-18(28)10-15-12-32-21(25-15)26-19(29)11-27(7-8-31-3)20(30)14-5-6-16(22)17(23)9-14/h5-6,9,12-13H,4,7-8,10-11H2,1-3H3,(H,24,28)(H,25,26,29). The van der Waals surface area contributed by atoms with E-state index in [9.17, 15) is 14.4 Å². The molecule has 1 unspecified atom stereocenters. The van der Waals surface area contributed by atoms with Crippen LogP contribution < -0.4 is 10.6 Å². The molecule has 174 valence electrons. The van der Waals surface area contributed by atoms with Crippen LogP contribution in [-0.2, 0) is 20.7 Å². The van der Waals surface area contributed by atoms with Crippen LogP contribution in [0.5, 0.6) is 0 Å². The van der Waals surface area contributed by atoms with Crippen LogP contribution in [0, 0.1) is 0 Å². The number of carbonyl (C=O) groups excluding carboxylic acids is 3. The van der Waals surface area contributed by atoms with Gasteiger partial charge in [0.05, 0.1) is 28.8 Å². The Hall–Kier alpha value is -2.20. The Morgan fingerprint density at radius 1 is 1.22 bits per heavy atom. The second kappa shape index (κ2) is 12.7. The molecular weight excluding hydrogens is 475 g/mol. The molecule has 1 heterocycles. The smallest absolute Gasteiger partial charge is 0.254 e. The molecule has 2 N–H and O–H groups in total. The van der Waals surface area contributed by atoms with E-state index in [1.54, 1.807) is 11.4 Å². The highest BCUT2D eigenvalue weighted by Crippen LogP contribution is 2.23. The molecule has 0 aliphatic carbocycles. The largest absolute Gasteiger partial charge is 0.383 e. The summed E-state index contributed by atoms with van der Waals surface area (Å²) in [6.45, 7) is 4.18. The molecule has 11 heteroatoms. The fourth-order valence-corrected chi connectivity index (χ4v) is 3.66. The average molecular weight is 501 g/mol. The molecule has 0 radical (unpaired) electrons. The third-order valence-corrected chi connectivity index (χ3v) is 6.06. The number of hydrogen-bond donors (Lipinski definition) is 2. The lowest BCUT2D eigenvalue weighted by molar-refractivity contribution is -0.121. The Labute approximate surface area is 201 Å². The summed E-state index contributed by atoms with van der Waals surface area (Å²) in [6.07, 6.45) is 0.969. The summed E-state index contributed by atoms with van der Waals surface area (Å²) >= 11 is 13.1. The molecule has 0 fully saturated rings. The number of halogens is 2. The lowest BCUT2D eigenvalue weighted by Crippen LogP contribution is -2.40. The Kier molecular flexibility index (Phi) is 10.4. The third kappa shape index (κ3) is 8.05. The number of amides is 3. The summed E-state index contributed by atoms with van der Waals surface area (Å²) in [6, 6.07) is 4.62. The fourth-order valence-electron chi connectivity index (χ4n) is 2.64. The number of thiazole rings is 1. The number of rotatable bonds is 11. The Morgan fingerprint density at radius 2 is 1.97 bits per heavy atom. The maximum atomic E-state index is 12.9. The zero-order valence-electron chi connectivity index (χ0n) is 18.1. The van der Waals surface area contributed by atoms with Crippen LogP contribution in [0.1, 0.15) is 36.3 Å². The van der Waals surface area contributed by atoms with E-state index in [2.05, 4.69) is 15.6 Å². The van der Waals surface area contributed by atoms with Gasteiger partial charge in [-0.1, -0.05) is 30.1 Å². The minimum absolute atomic E-state index is 0.0893. The van der Waals surface area contributed by atoms with Gasteiger partial charge in [-0.3, -0.25) is 14.4 Å². The SMILES string of the molecule is CCC(C)NC(=O)Cc1csc(NC(=O)CN(CCOC)C(=O)c2ccc(Cl)c(Cl)c2)n1. The van der Waals surface area contributed by atoms with Gasteiger partial charge in [-0.05, 0) is 31.5 Å². The van der Waals surface area contributed by atoms with Crippen LogP contribution in [0.25, 0.3) is 0 Å². The fraction of sp³-hybridized carbons (Fsp3) is 0.429. The van der Waals surface area contributed by atoms with E-state index in [0.29, 0.717) is 21.4 Å². The number of carbonyl (C=O) groups is 3. The van der Waals surface area contributed by atoms with Crippen molar-refractivity contribution in [3.8, 4) is 0 Å². The molecule has 3 amide bonds. The van der Waals surface area contributed by atoms with E-state index in [0.717, 1.165) is 6.42 Å². The van der Waals surface area contributed by atoms with Gasteiger partial charge in [0.25, 0.3) is 5.91 Å². The number of nitrogens with zero attached hydrogens (tertiary/aromatic N) is 2. The van der Waals surface area contributed by atoms with E-state index in [1.807, 2.05) is 13.8 Å². The van der Waals surface area contributed by atoms with Gasteiger partial charge >= 0.3 is 0 Å². The molecule has 0 aliphatic rings. The number of nitrogens with one attached hydrogen (secondary N) is 2. The zero-order valence-corrected chi connectivity index (χ0v) is 20.4. The zero-order chi connectivity index (χ0) is 23.7. The van der Waals surface area contributed by atoms with E-state index in [4.69, 9.17) is 27.9 Å². The van der Waals surface area contributed by atoms with Crippen molar-refractivity contribution in [2.24, 2.45) is 0 Å². The van der Waals surface area contributed by atoms with E-state index >= 15 is 0 Å². The first kappa shape index (κ1) is 26.1. The summed E-state index contributed by atoms with van der Waals surface area (Å²) < 4.78 is 5.06. The van der Waals surface area contributed by atoms with Crippen LogP contribution >= 0.6 is 34.5 Å². The molecule has 2 rings (SSSR count). The maximum Gasteiger partial charge on any atom is 0.254 e. The van der Waals surface area contributed by atoms with Crippen LogP contribution in [0.2, 0.25) is 10.0 Å². The second-order valence-corrected chi connectivity index (χ2v) is 8.77. The minimum Gasteiger partial charge on any atom is -0.383 e. The Balaban J connectivity index is 1.99. The van der Waals surface area contributed by atoms with Gasteiger partial charge in [0.15, 0.2) is 5.13 Å². The normalized spacial score (nSPS) is 11.7. The number of anilines is 1. The van der Waals surface area contributed by atoms with Crippen LogP contribution in [0.3, 0.4) is 0 Å². The predicted octanol–water partition coefficient (Wildman–Crippen LogP) is 3.63. The van der Waals surface area contributed by atoms with Gasteiger partial charge in [0.1, 0.15) is 6.54 Å². The Morgan fingerprint density at radius 3 is 2.62 bits per heavy atom. The first-order chi connectivity index (χ1) is 15.2. The molecule has 0 aliphatic heterocycles. The summed E-state index contributed by atoms with van der Waals surface area (Å²) in [4.78, 5) is 43.1. The summed E-state index contributed by atoms with van der Waals surface area (Å²) in [5, 5.41) is 8.21. The molecule has 8 nitrogen and oxygen atoms in total. The molecule has 0 saturated heterocycles. The monoisotopic (exact) mass is 500 g/mol. The predicted molar refractivity (Wildman–Crippen MR) is 127 cm³/mol. The van der Waals surface area contributed by atoms with Crippen LogP contribution in [0.15, 0.2) is 23.6 Å². The van der Waals surface area contributed by atoms with Crippen molar-refractivity contribution in [1.29, 1.82) is 0 Å². The first-order valence-electron chi connectivity index (χ1n) is 10.00. The number of methoxy groups -OCH3 is 1. The summed E-state index contributed by atoms with van der Waals surface area (Å²) in [7, 11) is 1.51. The molecule has 2 aromatic rings. The molecule has 32 heavy (non-hydrogen) atoms. The highest BCUT2D eigenvalue weighted by atomic mass is 35.5. The highest BCUT2D eigenvalue weighted by Gasteiger charge is 2.20. The average Bonchev–Trinajstić information content (AvgIpc) is 3.18. The number of hydrogen-bond acceptors (Lipinski definition) is 6. The van der Waals surface area contributed by atoms with E-state index < -0.39 is 5.91 Å². The number of benzene rings is 1. The molecule has 1 aromatic carbocycles. The number of aromatic nitrogens is 1. The quantitative estimate of drug-likeness (QED) is 0.490. The van der Waals surface area contributed by atoms with Gasteiger partial charge in [0, 0.05) is 30.6 Å². The minimum atomic E-state index is -0.417. The molecular formula is C21H26Cl2N4O4S. The summed E-state index contributed by atoms with van der Waals surface area (Å²) in [5.74, 6) is -0.919. The lowest BCUT2D eigenvalue weighted by atomic mass is 10.2. The van der Waals surface area contributed by atoms with Crippen molar-refractivity contribution in [1.82, 2.24) is 15.2 Å². The first-order valence-corrected chi connectivity index (χ1v) is 11.6. The van der Waals surface area contributed by atoms with Crippen molar-refractivity contribution >= 4 is 57.4 Å². The van der Waals surface area contributed by atoms with E-state index in [-0.39, 0.29) is 49.0 Å². The Bertz CT molecular complexity index is 954. The highest BCUT2D eigenvalue weighted by molar-refractivity contribution is 7.13. The topological polar surface area (TPSA) is 101 Å². The van der Waals surface area contributed by atoms with Crippen molar-refractivity contribution in [3.05, 3.63) is 44.9 Å². The van der Waals surface area contributed by atoms with Gasteiger partial charge in [-0.25, -0.2) is 4.98 Å². The van der Waals surface area contributed by atoms with Gasteiger partial charge in [-0.2, -0.15) is 0 Å². The molecule has 1 aromatic heterocycles. The molecule has 1 atom stereocenters. The van der Waals surface area contributed by atoms with Crippen LogP contribution in [0.4, 0.5) is 5.13 Å². The van der Waals surface area contributed by atoms with Crippen molar-refractivity contribution in [2.45, 2.75) is 32.7 Å². The second-order valence-electron chi connectivity index (χ2n) is 7.09. The van der Waals surface area contributed by atoms with Gasteiger partial charge in [0.2, 0.25) is 11.8 Å². The summed E-state index contributed by atoms with van der Waals surface area (Å²) in [5.41, 5.74) is 0.876. The van der Waals surface area contributed by atoms with Crippen molar-refractivity contribution < 1.29 is 19.1 Å². The molecule has 0 spiro atoms. The molecule has 0 saturated carbocycles.